The Labute approximate surface area is 187 Å². The number of anilines is 2. The fraction of sp³-hybridized carbons (Fsp3) is 0.200. The van der Waals surface area contributed by atoms with Crippen LogP contribution in [0, 0.1) is 11.3 Å². The van der Waals surface area contributed by atoms with Crippen molar-refractivity contribution in [2.75, 3.05) is 29.3 Å². The maximum Gasteiger partial charge on any atom is 0.324 e. The Morgan fingerprint density at radius 1 is 1.00 bits per heavy atom. The molecule has 1 aliphatic rings. The molecule has 31 heavy (non-hydrogen) atoms. The van der Waals surface area contributed by atoms with E-state index in [4.69, 9.17) is 0 Å². The van der Waals surface area contributed by atoms with Crippen molar-refractivity contribution in [3.05, 3.63) is 90.0 Å². The topological polar surface area (TPSA) is 50.6 Å². The summed E-state index contributed by atoms with van der Waals surface area (Å²) >= 11 is 1.63. The molecule has 0 bridgehead atoms. The van der Waals surface area contributed by atoms with Gasteiger partial charge in [-0.2, -0.15) is 5.26 Å². The minimum absolute atomic E-state index is 0.0599. The summed E-state index contributed by atoms with van der Waals surface area (Å²) in [7, 11) is 1.80. The molecule has 5 nitrogen and oxygen atoms in total. The zero-order chi connectivity index (χ0) is 21.6. The van der Waals surface area contributed by atoms with E-state index < -0.39 is 0 Å². The molecule has 0 aliphatic carbocycles. The van der Waals surface area contributed by atoms with Gasteiger partial charge in [-0.1, -0.05) is 48.5 Å². The van der Waals surface area contributed by atoms with Crippen molar-refractivity contribution in [1.29, 1.82) is 5.26 Å². The third-order valence-corrected chi connectivity index (χ3v) is 6.28. The third kappa shape index (κ3) is 4.84. The number of carbonyl (C=O) groups is 1. The number of carbonyl (C=O) groups excluding carboxylic acids is 1. The third-order valence-electron chi connectivity index (χ3n) is 5.24. The summed E-state index contributed by atoms with van der Waals surface area (Å²) in [4.78, 5) is 17.1. The molecule has 156 valence electrons. The fourth-order valence-corrected chi connectivity index (χ4v) is 4.59. The van der Waals surface area contributed by atoms with Crippen molar-refractivity contribution in [2.24, 2.45) is 0 Å². The second-order valence-corrected chi connectivity index (χ2v) is 8.54. The van der Waals surface area contributed by atoms with Gasteiger partial charge in [0.1, 0.15) is 6.07 Å². The lowest BCUT2D eigenvalue weighted by Gasteiger charge is -2.34. The fourth-order valence-electron chi connectivity index (χ4n) is 3.63. The Balaban J connectivity index is 1.67. The first-order valence-electron chi connectivity index (χ1n) is 10.3. The Kier molecular flexibility index (Phi) is 6.44. The second-order valence-electron chi connectivity index (χ2n) is 7.45. The monoisotopic (exact) mass is 428 g/mol. The molecular formula is C25H24N4OS. The van der Waals surface area contributed by atoms with E-state index in [1.807, 2.05) is 54.6 Å². The van der Waals surface area contributed by atoms with Gasteiger partial charge in [0.25, 0.3) is 0 Å². The van der Waals surface area contributed by atoms with Crippen LogP contribution >= 0.6 is 11.9 Å². The zero-order valence-corrected chi connectivity index (χ0v) is 18.3. The molecule has 1 saturated heterocycles. The number of urea groups is 1. The van der Waals surface area contributed by atoms with E-state index in [9.17, 15) is 10.1 Å². The average Bonchev–Trinajstić information content (AvgIpc) is 2.81. The van der Waals surface area contributed by atoms with Gasteiger partial charge in [-0.15, -0.1) is 0 Å². The molecule has 0 aromatic heterocycles. The highest BCUT2D eigenvalue weighted by molar-refractivity contribution is 8.00. The molecule has 3 aromatic carbocycles. The molecule has 1 fully saturated rings. The van der Waals surface area contributed by atoms with Gasteiger partial charge in [-0.05, 0) is 54.3 Å². The summed E-state index contributed by atoms with van der Waals surface area (Å²) in [5, 5.41) is 9.86. The van der Waals surface area contributed by atoms with E-state index in [1.165, 1.54) is 5.56 Å². The summed E-state index contributed by atoms with van der Waals surface area (Å²) < 4.78 is 2.18. The standard InChI is InChI=1S/C25H24N4OS/c1-27-15-8-16-28(25(27)30)24-14-13-22(17-21(24)18-26)29(19-20-9-4-2-5-10-20)31-23-11-6-3-7-12-23/h2-7,9-14,17H,8,15-16,19H2,1H3. The van der Waals surface area contributed by atoms with Crippen LogP contribution in [0.15, 0.2) is 83.8 Å². The van der Waals surface area contributed by atoms with Crippen LogP contribution in [-0.2, 0) is 6.54 Å². The summed E-state index contributed by atoms with van der Waals surface area (Å²) in [5.41, 5.74) is 3.29. The molecule has 6 heteroatoms. The van der Waals surface area contributed by atoms with Gasteiger partial charge in [0.05, 0.1) is 17.8 Å². The predicted octanol–water partition coefficient (Wildman–Crippen LogP) is 5.53. The van der Waals surface area contributed by atoms with E-state index in [1.54, 1.807) is 28.8 Å². The smallest absolute Gasteiger partial charge is 0.324 e. The van der Waals surface area contributed by atoms with Crippen LogP contribution in [0.1, 0.15) is 17.5 Å². The maximum absolute atomic E-state index is 12.6. The summed E-state index contributed by atoms with van der Waals surface area (Å²) in [6.45, 7) is 2.06. The SMILES string of the molecule is CN1CCCN(c2ccc(N(Cc3ccccc3)Sc3ccccc3)cc2C#N)C1=O. The van der Waals surface area contributed by atoms with Gasteiger partial charge >= 0.3 is 6.03 Å². The second kappa shape index (κ2) is 9.59. The van der Waals surface area contributed by atoms with Gasteiger partial charge in [-0.25, -0.2) is 4.79 Å². The summed E-state index contributed by atoms with van der Waals surface area (Å²) in [6, 6.07) is 28.5. The number of hydrogen-bond acceptors (Lipinski definition) is 4. The Morgan fingerprint density at radius 3 is 2.42 bits per heavy atom. The predicted molar refractivity (Wildman–Crippen MR) is 126 cm³/mol. The molecule has 0 atom stereocenters. The lowest BCUT2D eigenvalue weighted by molar-refractivity contribution is 0.207. The number of rotatable bonds is 6. The molecule has 0 saturated carbocycles. The first kappa shape index (κ1) is 20.8. The molecule has 1 aliphatic heterocycles. The quantitative estimate of drug-likeness (QED) is 0.484. The van der Waals surface area contributed by atoms with Crippen molar-refractivity contribution in [2.45, 2.75) is 17.9 Å². The van der Waals surface area contributed by atoms with Crippen molar-refractivity contribution >= 4 is 29.4 Å². The van der Waals surface area contributed by atoms with Crippen LogP contribution in [0.25, 0.3) is 0 Å². The van der Waals surface area contributed by atoms with Crippen molar-refractivity contribution in [3.63, 3.8) is 0 Å². The van der Waals surface area contributed by atoms with E-state index in [0.717, 1.165) is 23.5 Å². The van der Waals surface area contributed by atoms with Crippen molar-refractivity contribution in [1.82, 2.24) is 4.90 Å². The van der Waals surface area contributed by atoms with Gasteiger partial charge in [0.2, 0.25) is 0 Å². The van der Waals surface area contributed by atoms with E-state index >= 15 is 0 Å². The first-order chi connectivity index (χ1) is 15.2. The zero-order valence-electron chi connectivity index (χ0n) is 17.4. The largest absolute Gasteiger partial charge is 0.327 e. The average molecular weight is 429 g/mol. The highest BCUT2D eigenvalue weighted by atomic mass is 32.2. The number of amides is 2. The molecule has 2 amide bonds. The minimum Gasteiger partial charge on any atom is -0.327 e. The van der Waals surface area contributed by atoms with Crippen molar-refractivity contribution < 1.29 is 4.79 Å². The van der Waals surface area contributed by atoms with E-state index in [0.29, 0.717) is 24.3 Å². The molecule has 3 aromatic rings. The molecule has 0 radical (unpaired) electrons. The number of hydrogen-bond donors (Lipinski definition) is 0. The lowest BCUT2D eigenvalue weighted by atomic mass is 10.1. The molecular weight excluding hydrogens is 404 g/mol. The van der Waals surface area contributed by atoms with Crippen LogP contribution in [0.5, 0.6) is 0 Å². The van der Waals surface area contributed by atoms with E-state index in [-0.39, 0.29) is 6.03 Å². The van der Waals surface area contributed by atoms with Crippen LogP contribution in [0.4, 0.5) is 16.2 Å². The van der Waals surface area contributed by atoms with E-state index in [2.05, 4.69) is 34.6 Å². The van der Waals surface area contributed by atoms with Gasteiger partial charge in [0.15, 0.2) is 0 Å². The number of benzene rings is 3. The summed E-state index contributed by atoms with van der Waals surface area (Å²) in [6.07, 6.45) is 0.888. The normalized spacial score (nSPS) is 13.7. The van der Waals surface area contributed by atoms with Crippen molar-refractivity contribution in [3.8, 4) is 6.07 Å². The molecule has 0 unspecified atom stereocenters. The molecule has 1 heterocycles. The van der Waals surface area contributed by atoms with Crippen LogP contribution in [0.3, 0.4) is 0 Å². The van der Waals surface area contributed by atoms with Gasteiger partial charge < -0.3 is 9.21 Å². The first-order valence-corrected chi connectivity index (χ1v) is 11.0. The van der Waals surface area contributed by atoms with Crippen LogP contribution in [0.2, 0.25) is 0 Å². The molecule has 4 rings (SSSR count). The highest BCUT2D eigenvalue weighted by Gasteiger charge is 2.26. The maximum atomic E-state index is 12.6. The lowest BCUT2D eigenvalue weighted by Crippen LogP contribution is -2.47. The Hall–Kier alpha value is -3.43. The van der Waals surface area contributed by atoms with Gasteiger partial charge in [0, 0.05) is 30.7 Å². The summed E-state index contributed by atoms with van der Waals surface area (Å²) in [5.74, 6) is 0. The Bertz CT molecular complexity index is 1040. The molecule has 0 N–H and O–H groups in total. The Morgan fingerprint density at radius 2 is 1.71 bits per heavy atom. The van der Waals surface area contributed by atoms with Gasteiger partial charge in [-0.3, -0.25) is 4.90 Å². The number of nitriles is 1. The van der Waals surface area contributed by atoms with Crippen LogP contribution in [-0.4, -0.2) is 31.1 Å². The molecule has 0 spiro atoms. The van der Waals surface area contributed by atoms with Crippen LogP contribution < -0.4 is 9.21 Å². The number of nitrogens with zero attached hydrogens (tertiary/aromatic N) is 4. The highest BCUT2D eigenvalue weighted by Crippen LogP contribution is 2.34. The minimum atomic E-state index is -0.0599.